The molecule has 3 unspecified atom stereocenters. The summed E-state index contributed by atoms with van der Waals surface area (Å²) in [5.74, 6) is 2.36. The Morgan fingerprint density at radius 1 is 1.44 bits per heavy atom. The second-order valence-electron chi connectivity index (χ2n) is 7.93. The molecule has 1 aliphatic heterocycles. The first-order valence-electron chi connectivity index (χ1n) is 10.1. The van der Waals surface area contributed by atoms with Gasteiger partial charge in [0.15, 0.2) is 23.9 Å². The number of imidazole rings is 1. The topological polar surface area (TPSA) is 147 Å². The van der Waals surface area contributed by atoms with E-state index in [4.69, 9.17) is 42.7 Å². The van der Waals surface area contributed by atoms with Crippen LogP contribution in [0.1, 0.15) is 33.9 Å². The quantitative estimate of drug-likeness (QED) is 0.349. The fourth-order valence-corrected chi connectivity index (χ4v) is 4.37. The average Bonchev–Trinajstić information content (AvgIpc) is 3.25. The minimum atomic E-state index is -3.18. The predicted molar refractivity (Wildman–Crippen MR) is 123 cm³/mol. The van der Waals surface area contributed by atoms with Crippen molar-refractivity contribution in [3.63, 3.8) is 0 Å². The lowest BCUT2D eigenvalue weighted by Crippen LogP contribution is -2.38. The van der Waals surface area contributed by atoms with Gasteiger partial charge in [0, 0.05) is 5.66 Å². The number of aromatic nitrogens is 4. The number of terminal acetylenes is 1. The molecule has 3 rings (SSSR count). The second-order valence-corrected chi connectivity index (χ2v) is 11.9. The molecule has 0 spiro atoms. The summed E-state index contributed by atoms with van der Waals surface area (Å²) in [4.78, 5) is 33.7. The standard InChI is InChI=1S/C19H28N5O6PS/c1-6-7-27-15-14(30-31(26,32)11(4)5)12(8-28-10(2)3)29-18(15)24-9-21-13-16(24)22-19(20)23-17(13)25/h1,9-12,14-15,18H,7-8H2,2-5H3,(H,26,32)(H3,20,22,23,25)/t12-,14?,15?,18-,31?/m1/s1. The van der Waals surface area contributed by atoms with E-state index in [1.807, 2.05) is 13.8 Å². The molecule has 0 aliphatic carbocycles. The molecule has 13 heteroatoms. The molecule has 176 valence electrons. The molecule has 4 N–H and O–H groups in total. The molecule has 0 aromatic carbocycles. The maximum atomic E-state index is 12.2. The minimum absolute atomic E-state index is 0.0408. The normalized spacial score (nSPS) is 25.4. The van der Waals surface area contributed by atoms with E-state index in [-0.39, 0.29) is 42.1 Å². The number of anilines is 1. The molecule has 0 saturated carbocycles. The smallest absolute Gasteiger partial charge is 0.280 e. The van der Waals surface area contributed by atoms with Gasteiger partial charge in [-0.3, -0.25) is 14.3 Å². The van der Waals surface area contributed by atoms with Crippen LogP contribution >= 0.6 is 6.49 Å². The van der Waals surface area contributed by atoms with Crippen LogP contribution in [0.5, 0.6) is 0 Å². The molecule has 0 radical (unpaired) electrons. The Balaban J connectivity index is 2.05. The zero-order chi connectivity index (χ0) is 23.6. The summed E-state index contributed by atoms with van der Waals surface area (Å²) in [7, 11) is 0. The Kier molecular flexibility index (Phi) is 7.73. The van der Waals surface area contributed by atoms with Gasteiger partial charge in [0.2, 0.25) is 5.95 Å². The fraction of sp³-hybridized carbons (Fsp3) is 0.632. The molecule has 1 aliphatic rings. The zero-order valence-corrected chi connectivity index (χ0v) is 20.0. The van der Waals surface area contributed by atoms with E-state index < -0.39 is 36.6 Å². The van der Waals surface area contributed by atoms with Crippen LogP contribution < -0.4 is 11.3 Å². The molecule has 0 amide bonds. The van der Waals surface area contributed by atoms with Gasteiger partial charge in [-0.05, 0) is 25.7 Å². The van der Waals surface area contributed by atoms with Gasteiger partial charge < -0.3 is 29.4 Å². The van der Waals surface area contributed by atoms with Crippen molar-refractivity contribution in [1.29, 1.82) is 0 Å². The van der Waals surface area contributed by atoms with Crippen LogP contribution in [0.4, 0.5) is 5.95 Å². The Bertz CT molecular complexity index is 1100. The first-order valence-corrected chi connectivity index (χ1v) is 12.8. The van der Waals surface area contributed by atoms with Crippen LogP contribution in [0.2, 0.25) is 0 Å². The first-order chi connectivity index (χ1) is 15.0. The number of hydrogen-bond acceptors (Lipinski definition) is 9. The number of hydrogen-bond donors (Lipinski definition) is 3. The molecule has 32 heavy (non-hydrogen) atoms. The van der Waals surface area contributed by atoms with Crippen molar-refractivity contribution in [2.45, 2.75) is 64.0 Å². The molecule has 0 bridgehead atoms. The number of nitrogen functional groups attached to an aromatic ring is 1. The SMILES string of the molecule is C#CCOC1C(OP(O)(=S)C(C)C)[C@@H](COC(C)C)O[C@H]1n1cnc2c(=O)[nH]c(N)nc21. The predicted octanol–water partition coefficient (Wildman–Crippen LogP) is 1.14. The van der Waals surface area contributed by atoms with E-state index in [2.05, 4.69) is 20.9 Å². The van der Waals surface area contributed by atoms with Crippen molar-refractivity contribution in [2.75, 3.05) is 18.9 Å². The van der Waals surface area contributed by atoms with Gasteiger partial charge in [-0.25, -0.2) is 4.98 Å². The molecule has 2 aromatic heterocycles. The van der Waals surface area contributed by atoms with Gasteiger partial charge in [0.05, 0.1) is 19.0 Å². The van der Waals surface area contributed by atoms with E-state index in [1.54, 1.807) is 13.8 Å². The maximum absolute atomic E-state index is 12.2. The third kappa shape index (κ3) is 5.21. The van der Waals surface area contributed by atoms with Crippen LogP contribution in [-0.4, -0.2) is 67.7 Å². The second kappa shape index (κ2) is 9.97. The van der Waals surface area contributed by atoms with Crippen molar-refractivity contribution in [2.24, 2.45) is 0 Å². The Morgan fingerprint density at radius 2 is 2.16 bits per heavy atom. The third-order valence-corrected chi connectivity index (χ3v) is 8.26. The molecule has 2 aromatic rings. The van der Waals surface area contributed by atoms with Crippen molar-refractivity contribution >= 4 is 35.4 Å². The molecule has 11 nitrogen and oxygen atoms in total. The van der Waals surface area contributed by atoms with Crippen LogP contribution in [0.15, 0.2) is 11.1 Å². The summed E-state index contributed by atoms with van der Waals surface area (Å²) in [6.45, 7) is 4.28. The van der Waals surface area contributed by atoms with Gasteiger partial charge in [-0.15, -0.1) is 6.42 Å². The Morgan fingerprint density at radius 3 is 2.78 bits per heavy atom. The molecular formula is C19H28N5O6PS. The lowest BCUT2D eigenvalue weighted by molar-refractivity contribution is -0.0784. The summed E-state index contributed by atoms with van der Waals surface area (Å²) in [6.07, 6.45) is 3.69. The highest BCUT2D eigenvalue weighted by Crippen LogP contribution is 2.52. The average molecular weight is 486 g/mol. The zero-order valence-electron chi connectivity index (χ0n) is 18.3. The fourth-order valence-electron chi connectivity index (χ4n) is 3.23. The summed E-state index contributed by atoms with van der Waals surface area (Å²) >= 11 is 5.37. The number of ether oxygens (including phenoxy) is 3. The van der Waals surface area contributed by atoms with E-state index in [1.165, 1.54) is 10.9 Å². The van der Waals surface area contributed by atoms with Gasteiger partial charge in [0.1, 0.15) is 24.9 Å². The number of rotatable bonds is 9. The maximum Gasteiger partial charge on any atom is 0.280 e. The summed E-state index contributed by atoms with van der Waals surface area (Å²) < 4.78 is 25.5. The number of aromatic amines is 1. The minimum Gasteiger partial charge on any atom is -0.376 e. The van der Waals surface area contributed by atoms with Crippen LogP contribution in [0, 0.1) is 12.3 Å². The Labute approximate surface area is 190 Å². The van der Waals surface area contributed by atoms with Crippen LogP contribution in [0.25, 0.3) is 11.2 Å². The third-order valence-electron chi connectivity index (χ3n) is 4.89. The largest absolute Gasteiger partial charge is 0.376 e. The lowest BCUT2D eigenvalue weighted by atomic mass is 10.1. The van der Waals surface area contributed by atoms with Gasteiger partial charge in [-0.1, -0.05) is 19.8 Å². The summed E-state index contributed by atoms with van der Waals surface area (Å²) in [5, 5.41) is 0. The van der Waals surface area contributed by atoms with Crippen molar-refractivity contribution in [3.05, 3.63) is 16.7 Å². The van der Waals surface area contributed by atoms with E-state index in [9.17, 15) is 9.69 Å². The number of nitrogens with one attached hydrogen (secondary N) is 1. The summed E-state index contributed by atoms with van der Waals surface area (Å²) in [5.41, 5.74) is 5.26. The summed E-state index contributed by atoms with van der Waals surface area (Å²) in [6, 6.07) is 0. The highest BCUT2D eigenvalue weighted by atomic mass is 32.5. The number of nitrogens with zero attached hydrogens (tertiary/aromatic N) is 3. The number of fused-ring (bicyclic) bond motifs is 1. The molecule has 1 saturated heterocycles. The molecular weight excluding hydrogens is 457 g/mol. The van der Waals surface area contributed by atoms with Crippen LogP contribution in [-0.2, 0) is 30.5 Å². The molecule has 3 heterocycles. The highest BCUT2D eigenvalue weighted by molar-refractivity contribution is 8.09. The van der Waals surface area contributed by atoms with Gasteiger partial charge in [-0.2, -0.15) is 4.98 Å². The van der Waals surface area contributed by atoms with E-state index >= 15 is 0 Å². The van der Waals surface area contributed by atoms with Gasteiger partial charge >= 0.3 is 0 Å². The number of nitrogens with two attached hydrogens (primary N) is 1. The molecule has 1 fully saturated rings. The Hall–Kier alpha value is -1.84. The van der Waals surface area contributed by atoms with Crippen molar-refractivity contribution in [3.8, 4) is 12.3 Å². The van der Waals surface area contributed by atoms with Crippen molar-refractivity contribution < 1.29 is 23.6 Å². The van der Waals surface area contributed by atoms with E-state index in [0.717, 1.165) is 0 Å². The van der Waals surface area contributed by atoms with Gasteiger partial charge in [0.25, 0.3) is 5.56 Å². The molecule has 5 atom stereocenters. The monoisotopic (exact) mass is 485 g/mol. The van der Waals surface area contributed by atoms with Crippen molar-refractivity contribution in [1.82, 2.24) is 19.5 Å². The van der Waals surface area contributed by atoms with E-state index in [0.29, 0.717) is 0 Å². The number of H-pyrrole nitrogens is 1. The highest BCUT2D eigenvalue weighted by Gasteiger charge is 2.50. The first kappa shape index (κ1) is 24.8. The lowest BCUT2D eigenvalue weighted by Gasteiger charge is -2.30. The van der Waals surface area contributed by atoms with Crippen LogP contribution in [0.3, 0.4) is 0 Å².